The smallest absolute Gasteiger partial charge is 0.239 e. The monoisotopic (exact) mass is 200 g/mol. The van der Waals surface area contributed by atoms with Crippen molar-refractivity contribution >= 4 is 5.91 Å². The molecule has 3 unspecified atom stereocenters. The molecular formula is C10H20N2O2. The van der Waals surface area contributed by atoms with Gasteiger partial charge in [-0.1, -0.05) is 13.8 Å². The largest absolute Gasteiger partial charge is 0.391 e. The van der Waals surface area contributed by atoms with Crippen LogP contribution in [-0.2, 0) is 4.79 Å². The lowest BCUT2D eigenvalue weighted by atomic mass is 9.98. The molecule has 4 nitrogen and oxygen atoms in total. The van der Waals surface area contributed by atoms with Crippen LogP contribution in [-0.4, -0.2) is 40.6 Å². The molecule has 0 saturated carbocycles. The van der Waals surface area contributed by atoms with E-state index in [4.69, 9.17) is 5.73 Å². The molecule has 14 heavy (non-hydrogen) atoms. The van der Waals surface area contributed by atoms with Gasteiger partial charge < -0.3 is 15.7 Å². The third-order valence-electron chi connectivity index (χ3n) is 2.82. The molecule has 3 N–H and O–H groups in total. The van der Waals surface area contributed by atoms with Gasteiger partial charge in [-0.15, -0.1) is 0 Å². The van der Waals surface area contributed by atoms with Gasteiger partial charge in [0.25, 0.3) is 0 Å². The Kier molecular flexibility index (Phi) is 3.50. The molecule has 82 valence electrons. The summed E-state index contributed by atoms with van der Waals surface area (Å²) in [6, 6.07) is -0.467. The molecule has 1 heterocycles. The Morgan fingerprint density at radius 2 is 2.07 bits per heavy atom. The Morgan fingerprint density at radius 1 is 1.50 bits per heavy atom. The van der Waals surface area contributed by atoms with E-state index in [0.29, 0.717) is 13.0 Å². The van der Waals surface area contributed by atoms with Crippen LogP contribution in [0.5, 0.6) is 0 Å². The molecule has 0 aromatic heterocycles. The van der Waals surface area contributed by atoms with Gasteiger partial charge in [0, 0.05) is 6.54 Å². The van der Waals surface area contributed by atoms with Crippen LogP contribution in [0, 0.1) is 5.92 Å². The lowest BCUT2D eigenvalue weighted by Crippen LogP contribution is -2.48. The zero-order valence-electron chi connectivity index (χ0n) is 9.10. The number of amides is 1. The molecule has 0 spiro atoms. The molecule has 3 atom stereocenters. The predicted molar refractivity (Wildman–Crippen MR) is 54.6 cm³/mol. The Labute approximate surface area is 85.1 Å². The van der Waals surface area contributed by atoms with Crippen LogP contribution >= 0.6 is 0 Å². The zero-order chi connectivity index (χ0) is 10.9. The first kappa shape index (κ1) is 11.5. The van der Waals surface area contributed by atoms with Crippen LogP contribution in [0.2, 0.25) is 0 Å². The van der Waals surface area contributed by atoms with E-state index >= 15 is 0 Å². The number of nitrogens with zero attached hydrogens (tertiary/aromatic N) is 1. The lowest BCUT2D eigenvalue weighted by molar-refractivity contribution is -0.134. The summed E-state index contributed by atoms with van der Waals surface area (Å²) in [6.45, 7) is 6.42. The van der Waals surface area contributed by atoms with Gasteiger partial charge >= 0.3 is 0 Å². The summed E-state index contributed by atoms with van der Waals surface area (Å²) in [6.07, 6.45) is 0.207. The van der Waals surface area contributed by atoms with E-state index in [1.165, 1.54) is 0 Å². The molecule has 1 fully saturated rings. The second-order valence-corrected chi connectivity index (χ2v) is 4.40. The fraction of sp³-hybridized carbons (Fsp3) is 0.900. The number of nitrogens with two attached hydrogens (primary N) is 1. The molecule has 1 amide bonds. The molecule has 4 heteroatoms. The van der Waals surface area contributed by atoms with E-state index in [2.05, 4.69) is 0 Å². The zero-order valence-corrected chi connectivity index (χ0v) is 9.10. The van der Waals surface area contributed by atoms with Crippen molar-refractivity contribution in [2.24, 2.45) is 11.7 Å². The fourth-order valence-electron chi connectivity index (χ4n) is 2.20. The van der Waals surface area contributed by atoms with Gasteiger partial charge in [0.05, 0.1) is 18.2 Å². The molecule has 0 aliphatic carbocycles. The second-order valence-electron chi connectivity index (χ2n) is 4.40. The number of hydrogen-bond donors (Lipinski definition) is 2. The van der Waals surface area contributed by atoms with E-state index in [-0.39, 0.29) is 23.9 Å². The van der Waals surface area contributed by atoms with E-state index in [1.807, 2.05) is 13.8 Å². The molecule has 0 aromatic carbocycles. The summed E-state index contributed by atoms with van der Waals surface area (Å²) in [5.41, 5.74) is 5.63. The highest BCUT2D eigenvalue weighted by Crippen LogP contribution is 2.21. The maximum atomic E-state index is 11.6. The van der Waals surface area contributed by atoms with Crippen molar-refractivity contribution in [2.75, 3.05) is 6.54 Å². The van der Waals surface area contributed by atoms with E-state index < -0.39 is 6.10 Å². The molecule has 0 aromatic rings. The standard InChI is InChI=1S/C10H20N2O2/c1-6(2)9(7(3)13)12-5-4-8(11)10(12)14/h6-9,13H,4-5,11H2,1-3H3. The third kappa shape index (κ3) is 2.07. The average Bonchev–Trinajstić information content (AvgIpc) is 2.35. The highest BCUT2D eigenvalue weighted by atomic mass is 16.3. The summed E-state index contributed by atoms with van der Waals surface area (Å²) >= 11 is 0. The van der Waals surface area contributed by atoms with Crippen molar-refractivity contribution in [2.45, 2.75) is 45.4 Å². The summed E-state index contributed by atoms with van der Waals surface area (Å²) < 4.78 is 0. The maximum Gasteiger partial charge on any atom is 0.239 e. The fourth-order valence-corrected chi connectivity index (χ4v) is 2.20. The van der Waals surface area contributed by atoms with Crippen molar-refractivity contribution in [3.63, 3.8) is 0 Å². The Hall–Kier alpha value is -0.610. The second kappa shape index (κ2) is 4.28. The minimum atomic E-state index is -0.496. The van der Waals surface area contributed by atoms with Gasteiger partial charge in [-0.3, -0.25) is 4.79 Å². The summed E-state index contributed by atoms with van der Waals surface area (Å²) in [7, 11) is 0. The van der Waals surface area contributed by atoms with Gasteiger partial charge in [-0.2, -0.15) is 0 Å². The number of likely N-dealkylation sites (tertiary alicyclic amines) is 1. The SMILES string of the molecule is CC(C)C(C(C)O)N1CCC(N)C1=O. The van der Waals surface area contributed by atoms with E-state index in [9.17, 15) is 9.90 Å². The summed E-state index contributed by atoms with van der Waals surface area (Å²) in [5, 5.41) is 9.61. The van der Waals surface area contributed by atoms with Crippen LogP contribution in [0.4, 0.5) is 0 Å². The van der Waals surface area contributed by atoms with E-state index in [1.54, 1.807) is 11.8 Å². The number of carbonyl (C=O) groups excluding carboxylic acids is 1. The average molecular weight is 200 g/mol. The molecule has 1 aliphatic heterocycles. The first-order valence-electron chi connectivity index (χ1n) is 5.19. The van der Waals surface area contributed by atoms with Gasteiger partial charge in [0.2, 0.25) is 5.91 Å². The Balaban J connectivity index is 2.75. The molecule has 1 saturated heterocycles. The predicted octanol–water partition coefficient (Wildman–Crippen LogP) is -0.0486. The number of carbonyl (C=O) groups is 1. The van der Waals surface area contributed by atoms with Crippen LogP contribution in [0.15, 0.2) is 0 Å². The summed E-state index contributed by atoms with van der Waals surface area (Å²) in [5.74, 6) is 0.230. The van der Waals surface area contributed by atoms with Crippen LogP contribution in [0.25, 0.3) is 0 Å². The maximum absolute atomic E-state index is 11.6. The number of hydrogen-bond acceptors (Lipinski definition) is 3. The van der Waals surface area contributed by atoms with Crippen molar-refractivity contribution in [1.29, 1.82) is 0 Å². The van der Waals surface area contributed by atoms with Crippen molar-refractivity contribution < 1.29 is 9.90 Å². The molecular weight excluding hydrogens is 180 g/mol. The van der Waals surface area contributed by atoms with Crippen molar-refractivity contribution in [3.8, 4) is 0 Å². The van der Waals surface area contributed by atoms with Crippen molar-refractivity contribution in [3.05, 3.63) is 0 Å². The Bertz CT molecular complexity index is 208. The number of aliphatic hydroxyl groups excluding tert-OH is 1. The molecule has 1 rings (SSSR count). The first-order valence-corrected chi connectivity index (χ1v) is 5.19. The highest BCUT2D eigenvalue weighted by Gasteiger charge is 2.36. The van der Waals surface area contributed by atoms with Gasteiger partial charge in [-0.05, 0) is 19.3 Å². The Morgan fingerprint density at radius 3 is 2.36 bits per heavy atom. The number of rotatable bonds is 3. The molecule has 1 aliphatic rings. The quantitative estimate of drug-likeness (QED) is 0.671. The normalized spacial score (nSPS) is 27.1. The lowest BCUT2D eigenvalue weighted by Gasteiger charge is -2.33. The van der Waals surface area contributed by atoms with E-state index in [0.717, 1.165) is 0 Å². The summed E-state index contributed by atoms with van der Waals surface area (Å²) in [4.78, 5) is 13.4. The minimum Gasteiger partial charge on any atom is -0.391 e. The minimum absolute atomic E-state index is 0.0235. The number of aliphatic hydroxyl groups is 1. The first-order chi connectivity index (χ1) is 6.45. The van der Waals surface area contributed by atoms with Crippen LogP contribution in [0.3, 0.4) is 0 Å². The molecule has 0 radical (unpaired) electrons. The molecule has 0 bridgehead atoms. The topological polar surface area (TPSA) is 66.6 Å². The van der Waals surface area contributed by atoms with Crippen LogP contribution < -0.4 is 5.73 Å². The third-order valence-corrected chi connectivity index (χ3v) is 2.82. The van der Waals surface area contributed by atoms with Crippen LogP contribution in [0.1, 0.15) is 27.2 Å². The van der Waals surface area contributed by atoms with Gasteiger partial charge in [0.1, 0.15) is 0 Å². The highest BCUT2D eigenvalue weighted by molar-refractivity contribution is 5.84. The van der Waals surface area contributed by atoms with Gasteiger partial charge in [-0.25, -0.2) is 0 Å². The van der Waals surface area contributed by atoms with Gasteiger partial charge in [0.15, 0.2) is 0 Å². The van der Waals surface area contributed by atoms with Crippen molar-refractivity contribution in [1.82, 2.24) is 4.90 Å².